The molecule has 1 aromatic carbocycles. The Bertz CT molecular complexity index is 358. The van der Waals surface area contributed by atoms with Crippen molar-refractivity contribution >= 4 is 0 Å². The largest absolute Gasteiger partial charge is 0.492 e. The molecule has 0 aliphatic carbocycles. The lowest BCUT2D eigenvalue weighted by Crippen LogP contribution is -2.00. The maximum atomic E-state index is 5.65. The molecule has 74 valence electrons. The normalized spacial score (nSPS) is 9.57. The van der Waals surface area contributed by atoms with Gasteiger partial charge in [-0.1, -0.05) is 12.1 Å². The quantitative estimate of drug-likeness (QED) is 0.523. The van der Waals surface area contributed by atoms with E-state index in [4.69, 9.17) is 11.2 Å². The fraction of sp³-hybridized carbons (Fsp3) is 0.385. The van der Waals surface area contributed by atoms with Gasteiger partial charge in [0, 0.05) is 6.42 Å². The molecule has 0 unspecified atom stereocenters. The summed E-state index contributed by atoms with van der Waals surface area (Å²) in [7, 11) is 0. The second-order valence-electron chi connectivity index (χ2n) is 3.46. The highest BCUT2D eigenvalue weighted by molar-refractivity contribution is 5.44. The maximum Gasteiger partial charge on any atom is 0.125 e. The molecule has 0 aliphatic rings. The summed E-state index contributed by atoms with van der Waals surface area (Å²) in [5.74, 6) is 3.55. The van der Waals surface area contributed by atoms with Crippen LogP contribution >= 0.6 is 0 Å². The summed E-state index contributed by atoms with van der Waals surface area (Å²) in [4.78, 5) is 0. The monoisotopic (exact) mass is 188 g/mol. The van der Waals surface area contributed by atoms with Gasteiger partial charge in [-0.2, -0.15) is 0 Å². The van der Waals surface area contributed by atoms with Gasteiger partial charge in [0.15, 0.2) is 0 Å². The van der Waals surface area contributed by atoms with Crippen molar-refractivity contribution in [2.45, 2.75) is 27.2 Å². The number of rotatable bonds is 3. The van der Waals surface area contributed by atoms with Crippen LogP contribution in [0, 0.1) is 33.1 Å². The highest BCUT2D eigenvalue weighted by Gasteiger charge is 2.05. The van der Waals surface area contributed by atoms with E-state index >= 15 is 0 Å². The number of ether oxygens (including phenoxy) is 1. The zero-order valence-electron chi connectivity index (χ0n) is 9.05. The van der Waals surface area contributed by atoms with Gasteiger partial charge in [0.25, 0.3) is 0 Å². The average Bonchev–Trinajstić information content (AvgIpc) is 2.18. The van der Waals surface area contributed by atoms with Crippen LogP contribution in [0.25, 0.3) is 0 Å². The van der Waals surface area contributed by atoms with Gasteiger partial charge in [-0.25, -0.2) is 0 Å². The fourth-order valence-corrected chi connectivity index (χ4v) is 1.36. The highest BCUT2D eigenvalue weighted by Crippen LogP contribution is 2.25. The van der Waals surface area contributed by atoms with Crippen molar-refractivity contribution in [2.75, 3.05) is 6.61 Å². The van der Waals surface area contributed by atoms with Gasteiger partial charge in [0.05, 0.1) is 6.61 Å². The molecular weight excluding hydrogens is 172 g/mol. The van der Waals surface area contributed by atoms with E-state index in [0.717, 1.165) is 5.75 Å². The Kier molecular flexibility index (Phi) is 3.59. The van der Waals surface area contributed by atoms with Crippen LogP contribution in [0.1, 0.15) is 23.1 Å². The maximum absolute atomic E-state index is 5.65. The number of hydrogen-bond donors (Lipinski definition) is 0. The molecule has 0 aliphatic heterocycles. The van der Waals surface area contributed by atoms with Gasteiger partial charge in [-0.15, -0.1) is 12.3 Å². The predicted octanol–water partition coefficient (Wildman–Crippen LogP) is 3.01. The molecule has 0 fully saturated rings. The lowest BCUT2D eigenvalue weighted by molar-refractivity contribution is 0.322. The lowest BCUT2D eigenvalue weighted by atomic mass is 10.1. The molecule has 0 heterocycles. The summed E-state index contributed by atoms with van der Waals surface area (Å²) in [6.07, 6.45) is 5.83. The van der Waals surface area contributed by atoms with E-state index in [-0.39, 0.29) is 0 Å². The minimum atomic E-state index is 0.599. The molecule has 0 amide bonds. The molecule has 0 aromatic heterocycles. The Morgan fingerprint density at radius 2 is 1.86 bits per heavy atom. The smallest absolute Gasteiger partial charge is 0.125 e. The van der Waals surface area contributed by atoms with Crippen LogP contribution in [-0.4, -0.2) is 6.61 Å². The molecule has 0 radical (unpaired) electrons. The van der Waals surface area contributed by atoms with Crippen molar-refractivity contribution in [1.29, 1.82) is 0 Å². The van der Waals surface area contributed by atoms with Crippen LogP contribution in [0.5, 0.6) is 5.75 Å². The Morgan fingerprint density at radius 3 is 2.50 bits per heavy atom. The van der Waals surface area contributed by atoms with Crippen LogP contribution in [0.15, 0.2) is 12.1 Å². The van der Waals surface area contributed by atoms with Crippen molar-refractivity contribution in [3.05, 3.63) is 28.8 Å². The Balaban J connectivity index is 2.85. The fourth-order valence-electron chi connectivity index (χ4n) is 1.36. The molecule has 0 N–H and O–H groups in total. The van der Waals surface area contributed by atoms with Gasteiger partial charge >= 0.3 is 0 Å². The van der Waals surface area contributed by atoms with Crippen LogP contribution in [0.4, 0.5) is 0 Å². The van der Waals surface area contributed by atoms with E-state index in [1.54, 1.807) is 0 Å². The third-order valence-electron chi connectivity index (χ3n) is 2.37. The van der Waals surface area contributed by atoms with Crippen molar-refractivity contribution in [3.63, 3.8) is 0 Å². The summed E-state index contributed by atoms with van der Waals surface area (Å²) < 4.78 is 5.65. The van der Waals surface area contributed by atoms with Gasteiger partial charge in [-0.05, 0) is 37.5 Å². The Morgan fingerprint density at radius 1 is 1.21 bits per heavy atom. The summed E-state index contributed by atoms with van der Waals surface area (Å²) in [6, 6.07) is 4.19. The van der Waals surface area contributed by atoms with Crippen molar-refractivity contribution < 1.29 is 4.74 Å². The summed E-state index contributed by atoms with van der Waals surface area (Å²) in [5.41, 5.74) is 3.64. The molecule has 1 heteroatoms. The molecule has 0 bridgehead atoms. The van der Waals surface area contributed by atoms with Crippen molar-refractivity contribution in [1.82, 2.24) is 0 Å². The van der Waals surface area contributed by atoms with Crippen LogP contribution in [-0.2, 0) is 0 Å². The SMILES string of the molecule is C#CCCOc1c(C)ccc(C)c1C. The van der Waals surface area contributed by atoms with Gasteiger partial charge in [-0.3, -0.25) is 0 Å². The van der Waals surface area contributed by atoms with E-state index < -0.39 is 0 Å². The average molecular weight is 188 g/mol. The second kappa shape index (κ2) is 4.72. The number of benzene rings is 1. The third kappa shape index (κ3) is 2.29. The summed E-state index contributed by atoms with van der Waals surface area (Å²) in [5, 5.41) is 0. The Hall–Kier alpha value is -1.42. The predicted molar refractivity (Wildman–Crippen MR) is 59.6 cm³/mol. The second-order valence-corrected chi connectivity index (χ2v) is 3.46. The summed E-state index contributed by atoms with van der Waals surface area (Å²) >= 11 is 0. The number of terminal acetylenes is 1. The Labute approximate surface area is 86.1 Å². The zero-order valence-corrected chi connectivity index (χ0v) is 9.05. The number of hydrogen-bond acceptors (Lipinski definition) is 1. The molecular formula is C13H16O. The molecule has 1 rings (SSSR count). The van der Waals surface area contributed by atoms with E-state index in [0.29, 0.717) is 13.0 Å². The first kappa shape index (κ1) is 10.7. The first-order valence-corrected chi connectivity index (χ1v) is 4.80. The van der Waals surface area contributed by atoms with Crippen LogP contribution < -0.4 is 4.74 Å². The summed E-state index contributed by atoms with van der Waals surface area (Å²) in [6.45, 7) is 6.82. The highest BCUT2D eigenvalue weighted by atomic mass is 16.5. The molecule has 0 spiro atoms. The van der Waals surface area contributed by atoms with Gasteiger partial charge < -0.3 is 4.74 Å². The molecule has 1 nitrogen and oxygen atoms in total. The molecule has 0 saturated carbocycles. The van der Waals surface area contributed by atoms with Crippen LogP contribution in [0.3, 0.4) is 0 Å². The van der Waals surface area contributed by atoms with Gasteiger partial charge in [0.1, 0.15) is 5.75 Å². The minimum Gasteiger partial charge on any atom is -0.492 e. The van der Waals surface area contributed by atoms with E-state index in [1.165, 1.54) is 16.7 Å². The standard InChI is InChI=1S/C13H16O/c1-5-6-9-14-13-11(3)8-7-10(2)12(13)4/h1,7-8H,6,9H2,2-4H3. The topological polar surface area (TPSA) is 9.23 Å². The van der Waals surface area contributed by atoms with E-state index in [2.05, 4.69) is 38.8 Å². The minimum absolute atomic E-state index is 0.599. The van der Waals surface area contributed by atoms with Crippen molar-refractivity contribution in [2.24, 2.45) is 0 Å². The molecule has 0 saturated heterocycles. The number of aryl methyl sites for hydroxylation is 2. The molecule has 14 heavy (non-hydrogen) atoms. The zero-order chi connectivity index (χ0) is 10.6. The van der Waals surface area contributed by atoms with E-state index in [1.807, 2.05) is 0 Å². The first-order chi connectivity index (χ1) is 6.66. The molecule has 0 atom stereocenters. The molecule has 1 aromatic rings. The third-order valence-corrected chi connectivity index (χ3v) is 2.37. The lowest BCUT2D eigenvalue weighted by Gasteiger charge is -2.12. The van der Waals surface area contributed by atoms with Crippen LogP contribution in [0.2, 0.25) is 0 Å². The van der Waals surface area contributed by atoms with Gasteiger partial charge in [0.2, 0.25) is 0 Å². The van der Waals surface area contributed by atoms with Crippen molar-refractivity contribution in [3.8, 4) is 18.1 Å². The first-order valence-electron chi connectivity index (χ1n) is 4.80. The van der Waals surface area contributed by atoms with E-state index in [9.17, 15) is 0 Å².